The summed E-state index contributed by atoms with van der Waals surface area (Å²) >= 11 is 2.00. The summed E-state index contributed by atoms with van der Waals surface area (Å²) in [5.41, 5.74) is 0. The maximum Gasteiger partial charge on any atom is 0.128 e. The van der Waals surface area contributed by atoms with Crippen LogP contribution < -0.4 is 10.6 Å². The van der Waals surface area contributed by atoms with E-state index >= 15 is 0 Å². The van der Waals surface area contributed by atoms with Crippen LogP contribution in [-0.2, 0) is 0 Å². The number of pyridine rings is 1. The Morgan fingerprint density at radius 2 is 2.00 bits per heavy atom. The van der Waals surface area contributed by atoms with Crippen molar-refractivity contribution in [2.45, 2.75) is 30.4 Å². The number of anilines is 2. The van der Waals surface area contributed by atoms with Gasteiger partial charge in [0.25, 0.3) is 0 Å². The summed E-state index contributed by atoms with van der Waals surface area (Å²) in [5, 5.41) is 6.54. The fraction of sp³-hybridized carbons (Fsp3) is 0.615. The van der Waals surface area contributed by atoms with Gasteiger partial charge in [0.1, 0.15) is 11.6 Å². The molecule has 1 heterocycles. The molecular weight excluding hydrogens is 230 g/mol. The van der Waals surface area contributed by atoms with E-state index in [1.54, 1.807) is 0 Å². The first-order valence-corrected chi connectivity index (χ1v) is 7.44. The highest BCUT2D eigenvalue weighted by atomic mass is 32.2. The summed E-state index contributed by atoms with van der Waals surface area (Å²) in [5.74, 6) is 1.89. The van der Waals surface area contributed by atoms with E-state index in [9.17, 15) is 0 Å². The Morgan fingerprint density at radius 1 is 1.29 bits per heavy atom. The van der Waals surface area contributed by atoms with Crippen molar-refractivity contribution in [2.75, 3.05) is 30.5 Å². The molecule has 4 heteroatoms. The summed E-state index contributed by atoms with van der Waals surface area (Å²) in [6.07, 6.45) is 7.61. The smallest absolute Gasteiger partial charge is 0.128 e. The maximum atomic E-state index is 4.49. The van der Waals surface area contributed by atoms with Gasteiger partial charge in [0.2, 0.25) is 0 Å². The van der Waals surface area contributed by atoms with Crippen molar-refractivity contribution in [3.05, 3.63) is 18.2 Å². The van der Waals surface area contributed by atoms with Crippen molar-refractivity contribution in [2.24, 2.45) is 0 Å². The SMILES string of the molecule is CNc1cccc(NCC2(SC)CCCC2)n1. The first-order chi connectivity index (χ1) is 8.28. The second-order valence-corrected chi connectivity index (χ2v) is 5.88. The topological polar surface area (TPSA) is 37.0 Å². The van der Waals surface area contributed by atoms with Crippen molar-refractivity contribution >= 4 is 23.4 Å². The van der Waals surface area contributed by atoms with Crippen LogP contribution in [0.15, 0.2) is 18.2 Å². The molecule has 0 radical (unpaired) electrons. The third-order valence-electron chi connectivity index (χ3n) is 3.54. The zero-order valence-electron chi connectivity index (χ0n) is 10.6. The third kappa shape index (κ3) is 3.06. The number of aromatic nitrogens is 1. The molecule has 0 aromatic carbocycles. The number of thioether (sulfide) groups is 1. The van der Waals surface area contributed by atoms with E-state index in [0.717, 1.165) is 18.2 Å². The highest BCUT2D eigenvalue weighted by molar-refractivity contribution is 8.00. The first kappa shape index (κ1) is 12.6. The van der Waals surface area contributed by atoms with Gasteiger partial charge in [-0.15, -0.1) is 0 Å². The lowest BCUT2D eigenvalue weighted by molar-refractivity contribution is 0.639. The molecule has 0 aliphatic heterocycles. The number of hydrogen-bond donors (Lipinski definition) is 2. The van der Waals surface area contributed by atoms with Crippen LogP contribution in [0.2, 0.25) is 0 Å². The van der Waals surface area contributed by atoms with Gasteiger partial charge in [-0.3, -0.25) is 0 Å². The van der Waals surface area contributed by atoms with E-state index < -0.39 is 0 Å². The van der Waals surface area contributed by atoms with E-state index in [4.69, 9.17) is 0 Å². The van der Waals surface area contributed by atoms with Crippen molar-refractivity contribution in [1.29, 1.82) is 0 Å². The Labute approximate surface area is 108 Å². The Balaban J connectivity index is 1.96. The van der Waals surface area contributed by atoms with Crippen molar-refractivity contribution in [1.82, 2.24) is 4.98 Å². The molecule has 0 bridgehead atoms. The average Bonchev–Trinajstić information content (AvgIpc) is 2.86. The number of hydrogen-bond acceptors (Lipinski definition) is 4. The predicted octanol–water partition coefficient (Wildman–Crippen LogP) is 3.21. The van der Waals surface area contributed by atoms with Crippen molar-refractivity contribution in [3.8, 4) is 0 Å². The van der Waals surface area contributed by atoms with Crippen LogP contribution in [0.1, 0.15) is 25.7 Å². The van der Waals surface area contributed by atoms with Crippen LogP contribution in [0.4, 0.5) is 11.6 Å². The Kier molecular flexibility index (Phi) is 4.15. The van der Waals surface area contributed by atoms with E-state index in [1.807, 2.05) is 37.0 Å². The van der Waals surface area contributed by atoms with Gasteiger partial charge in [0.05, 0.1) is 0 Å². The lowest BCUT2D eigenvalue weighted by Gasteiger charge is -2.27. The van der Waals surface area contributed by atoms with Gasteiger partial charge in [-0.25, -0.2) is 4.98 Å². The summed E-state index contributed by atoms with van der Waals surface area (Å²) in [6.45, 7) is 1.02. The fourth-order valence-corrected chi connectivity index (χ4v) is 3.31. The normalized spacial score (nSPS) is 18.0. The van der Waals surface area contributed by atoms with Crippen LogP contribution >= 0.6 is 11.8 Å². The molecule has 1 aliphatic rings. The predicted molar refractivity (Wildman–Crippen MR) is 77.0 cm³/mol. The van der Waals surface area contributed by atoms with E-state index in [1.165, 1.54) is 25.7 Å². The molecule has 0 amide bonds. The molecule has 0 unspecified atom stereocenters. The van der Waals surface area contributed by atoms with Crippen LogP contribution in [0.3, 0.4) is 0 Å². The molecule has 17 heavy (non-hydrogen) atoms. The molecule has 1 aromatic heterocycles. The highest BCUT2D eigenvalue weighted by Crippen LogP contribution is 2.40. The Morgan fingerprint density at radius 3 is 2.65 bits per heavy atom. The van der Waals surface area contributed by atoms with Gasteiger partial charge < -0.3 is 10.6 Å². The zero-order chi connectivity index (χ0) is 12.1. The number of nitrogens with zero attached hydrogens (tertiary/aromatic N) is 1. The molecule has 1 aromatic rings. The Bertz CT molecular complexity index is 361. The lowest BCUT2D eigenvalue weighted by atomic mass is 10.1. The molecule has 1 fully saturated rings. The van der Waals surface area contributed by atoms with Gasteiger partial charge >= 0.3 is 0 Å². The third-order valence-corrected chi connectivity index (χ3v) is 4.96. The van der Waals surface area contributed by atoms with Crippen molar-refractivity contribution in [3.63, 3.8) is 0 Å². The maximum absolute atomic E-state index is 4.49. The molecule has 0 saturated heterocycles. The van der Waals surface area contributed by atoms with Crippen LogP contribution in [0.25, 0.3) is 0 Å². The zero-order valence-corrected chi connectivity index (χ0v) is 11.4. The minimum absolute atomic E-state index is 0.428. The average molecular weight is 251 g/mol. The quantitative estimate of drug-likeness (QED) is 0.842. The summed E-state index contributed by atoms with van der Waals surface area (Å²) in [4.78, 5) is 4.49. The summed E-state index contributed by atoms with van der Waals surface area (Å²) < 4.78 is 0.428. The molecule has 94 valence electrons. The van der Waals surface area contributed by atoms with E-state index in [2.05, 4.69) is 21.9 Å². The number of rotatable bonds is 5. The molecule has 0 atom stereocenters. The monoisotopic (exact) mass is 251 g/mol. The molecular formula is C13H21N3S. The van der Waals surface area contributed by atoms with Gasteiger partial charge in [0.15, 0.2) is 0 Å². The molecule has 1 saturated carbocycles. The second kappa shape index (κ2) is 5.63. The summed E-state index contributed by atoms with van der Waals surface area (Å²) in [6, 6.07) is 6.04. The number of nitrogens with one attached hydrogen (secondary N) is 2. The fourth-order valence-electron chi connectivity index (χ4n) is 2.40. The van der Waals surface area contributed by atoms with E-state index in [-0.39, 0.29) is 0 Å². The van der Waals surface area contributed by atoms with Crippen molar-refractivity contribution < 1.29 is 0 Å². The first-order valence-electron chi connectivity index (χ1n) is 6.22. The Hall–Kier alpha value is -0.900. The second-order valence-electron chi connectivity index (χ2n) is 4.61. The summed E-state index contributed by atoms with van der Waals surface area (Å²) in [7, 11) is 1.90. The van der Waals surface area contributed by atoms with Gasteiger partial charge in [-0.2, -0.15) is 11.8 Å². The largest absolute Gasteiger partial charge is 0.373 e. The highest BCUT2D eigenvalue weighted by Gasteiger charge is 2.32. The van der Waals surface area contributed by atoms with Gasteiger partial charge in [-0.1, -0.05) is 18.9 Å². The standard InChI is InChI=1S/C13H21N3S/c1-14-11-6-5-7-12(16-11)15-10-13(17-2)8-3-4-9-13/h5-7H,3-4,8-10H2,1-2H3,(H2,14,15,16). The van der Waals surface area contributed by atoms with Gasteiger partial charge in [-0.05, 0) is 31.2 Å². The molecule has 2 N–H and O–H groups in total. The minimum Gasteiger partial charge on any atom is -0.373 e. The van der Waals surface area contributed by atoms with E-state index in [0.29, 0.717) is 4.75 Å². The van der Waals surface area contributed by atoms with Gasteiger partial charge in [0, 0.05) is 18.3 Å². The van der Waals surface area contributed by atoms with Crippen LogP contribution in [0, 0.1) is 0 Å². The molecule has 1 aliphatic carbocycles. The molecule has 3 nitrogen and oxygen atoms in total. The van der Waals surface area contributed by atoms with Crippen LogP contribution in [0.5, 0.6) is 0 Å². The minimum atomic E-state index is 0.428. The molecule has 0 spiro atoms. The van der Waals surface area contributed by atoms with Crippen LogP contribution in [-0.4, -0.2) is 29.6 Å². The lowest BCUT2D eigenvalue weighted by Crippen LogP contribution is -2.30. The molecule has 2 rings (SSSR count).